The summed E-state index contributed by atoms with van der Waals surface area (Å²) < 4.78 is 4.71. The lowest BCUT2D eigenvalue weighted by atomic mass is 10.0. The van der Waals surface area contributed by atoms with Gasteiger partial charge in [0.2, 0.25) is 18.1 Å². The second-order valence-corrected chi connectivity index (χ2v) is 8.26. The van der Waals surface area contributed by atoms with Crippen molar-refractivity contribution in [3.05, 3.63) is 41.6 Å². The number of carboxylic acid groups (broad SMARTS) is 1. The molecule has 4 rings (SSSR count). The molecule has 0 bridgehead atoms. The number of aliphatic carboxylic acids is 1. The number of carbonyl (C=O) groups is 4. The van der Waals surface area contributed by atoms with Gasteiger partial charge in [-0.25, -0.2) is 0 Å². The highest BCUT2D eigenvalue weighted by Crippen LogP contribution is 2.42. The van der Waals surface area contributed by atoms with E-state index in [-0.39, 0.29) is 25.2 Å². The first-order valence-electron chi connectivity index (χ1n) is 10.5. The molecule has 1 fully saturated rings. The molecule has 2 amide bonds. The van der Waals surface area contributed by atoms with Gasteiger partial charge in [0.15, 0.2) is 0 Å². The van der Waals surface area contributed by atoms with E-state index in [9.17, 15) is 24.3 Å². The zero-order chi connectivity index (χ0) is 23.0. The van der Waals surface area contributed by atoms with Crippen molar-refractivity contribution in [1.29, 1.82) is 0 Å². The van der Waals surface area contributed by atoms with E-state index in [4.69, 9.17) is 9.84 Å². The highest BCUT2D eigenvalue weighted by molar-refractivity contribution is 5.91. The summed E-state index contributed by atoms with van der Waals surface area (Å²) in [6, 6.07) is 3.88. The minimum atomic E-state index is -1.39. The van der Waals surface area contributed by atoms with Gasteiger partial charge in [-0.1, -0.05) is 24.8 Å². The number of rotatable bonds is 6. The molecule has 10 heteroatoms. The Morgan fingerprint density at radius 1 is 1.16 bits per heavy atom. The van der Waals surface area contributed by atoms with E-state index < -0.39 is 42.3 Å². The molecular weight excluding hydrogens is 418 g/mol. The third kappa shape index (κ3) is 4.18. The molecule has 1 aromatic carbocycles. The van der Waals surface area contributed by atoms with Gasteiger partial charge >= 0.3 is 11.9 Å². The number of para-hydroxylation sites is 1. The first-order valence-corrected chi connectivity index (χ1v) is 10.5. The van der Waals surface area contributed by atoms with E-state index in [1.165, 1.54) is 0 Å². The van der Waals surface area contributed by atoms with Gasteiger partial charge in [0.1, 0.15) is 12.1 Å². The van der Waals surface area contributed by atoms with Gasteiger partial charge in [0, 0.05) is 24.2 Å². The molecule has 0 radical (unpaired) electrons. The molecule has 0 saturated carbocycles. The largest absolute Gasteiger partial charge is 0.481 e. The number of aliphatic hydroxyl groups is 1. The third-order valence-electron chi connectivity index (χ3n) is 6.10. The van der Waals surface area contributed by atoms with Crippen LogP contribution in [0.1, 0.15) is 36.8 Å². The summed E-state index contributed by atoms with van der Waals surface area (Å²) in [5, 5.41) is 24.2. The molecule has 4 atom stereocenters. The fourth-order valence-electron chi connectivity index (χ4n) is 4.55. The van der Waals surface area contributed by atoms with Gasteiger partial charge in [-0.3, -0.25) is 19.2 Å². The monoisotopic (exact) mass is 443 g/mol. The second kappa shape index (κ2) is 8.62. The molecule has 0 spiro atoms. The lowest BCUT2D eigenvalue weighted by Gasteiger charge is -2.32. The maximum Gasteiger partial charge on any atom is 0.310 e. The Kier molecular flexibility index (Phi) is 5.88. The maximum absolute atomic E-state index is 13.2. The molecule has 3 aliphatic rings. The number of nitrogens with one attached hydrogen (secondary N) is 2. The van der Waals surface area contributed by atoms with Crippen LogP contribution >= 0.6 is 0 Å². The van der Waals surface area contributed by atoms with Crippen molar-refractivity contribution in [3.8, 4) is 0 Å². The number of aliphatic hydroxyl groups excluding tert-OH is 1. The number of carbonyl (C=O) groups excluding carboxylic acids is 3. The fraction of sp³-hybridized carbons (Fsp3) is 0.455. The number of amides is 2. The Morgan fingerprint density at radius 3 is 2.59 bits per heavy atom. The van der Waals surface area contributed by atoms with Crippen LogP contribution < -0.4 is 15.5 Å². The summed E-state index contributed by atoms with van der Waals surface area (Å²) in [6.45, 7) is 4.17. The first kappa shape index (κ1) is 21.8. The van der Waals surface area contributed by atoms with Crippen molar-refractivity contribution in [2.75, 3.05) is 4.90 Å². The molecule has 10 nitrogen and oxygen atoms in total. The number of anilines is 1. The Morgan fingerprint density at radius 2 is 1.91 bits per heavy atom. The number of benzene rings is 1. The van der Waals surface area contributed by atoms with E-state index in [0.717, 1.165) is 16.8 Å². The summed E-state index contributed by atoms with van der Waals surface area (Å²) >= 11 is 0. The highest BCUT2D eigenvalue weighted by Gasteiger charge is 2.43. The molecule has 1 saturated heterocycles. The second-order valence-electron chi connectivity index (χ2n) is 8.26. The summed E-state index contributed by atoms with van der Waals surface area (Å²) in [6.07, 6.45) is -0.293. The topological polar surface area (TPSA) is 145 Å². The first-order chi connectivity index (χ1) is 15.2. The number of aryl methyl sites for hydroxylation is 1. The molecule has 1 aromatic rings. The average molecular weight is 443 g/mol. The molecule has 32 heavy (non-hydrogen) atoms. The zero-order valence-corrected chi connectivity index (χ0v) is 17.4. The molecule has 1 unspecified atom stereocenters. The fourth-order valence-corrected chi connectivity index (χ4v) is 4.55. The average Bonchev–Trinajstić information content (AvgIpc) is 3.24. The van der Waals surface area contributed by atoms with Crippen molar-refractivity contribution in [3.63, 3.8) is 0 Å². The van der Waals surface area contributed by atoms with Gasteiger partial charge in [0.05, 0.1) is 18.9 Å². The molecule has 3 heterocycles. The van der Waals surface area contributed by atoms with Crippen LogP contribution in [0.3, 0.4) is 0 Å². The SMILES string of the molecule is C=C1[C@@H](NC(=O)CCC(=O)O)CCc2cccc3c2N1[C@H](C(=O)N[C@H]1CC(=O)OC1O)C3. The van der Waals surface area contributed by atoms with Gasteiger partial charge in [-0.15, -0.1) is 0 Å². The summed E-state index contributed by atoms with van der Waals surface area (Å²) in [4.78, 5) is 49.5. The molecule has 3 aliphatic heterocycles. The number of carboxylic acids is 1. The summed E-state index contributed by atoms with van der Waals surface area (Å²) in [5.74, 6) is -2.41. The summed E-state index contributed by atoms with van der Waals surface area (Å²) in [5.41, 5.74) is 3.43. The van der Waals surface area contributed by atoms with E-state index in [0.29, 0.717) is 25.0 Å². The van der Waals surface area contributed by atoms with Crippen LogP contribution in [-0.4, -0.2) is 58.4 Å². The van der Waals surface area contributed by atoms with Crippen molar-refractivity contribution in [2.45, 2.75) is 62.9 Å². The Balaban J connectivity index is 1.55. The van der Waals surface area contributed by atoms with Crippen LogP contribution in [0.5, 0.6) is 0 Å². The maximum atomic E-state index is 13.2. The van der Waals surface area contributed by atoms with Crippen molar-refractivity contribution in [1.82, 2.24) is 10.6 Å². The highest BCUT2D eigenvalue weighted by atomic mass is 16.6. The minimum Gasteiger partial charge on any atom is -0.481 e. The number of hydrogen-bond acceptors (Lipinski definition) is 7. The van der Waals surface area contributed by atoms with Crippen LogP contribution in [-0.2, 0) is 36.8 Å². The molecule has 0 aromatic heterocycles. The lowest BCUT2D eigenvalue weighted by Crippen LogP contribution is -2.52. The van der Waals surface area contributed by atoms with Gasteiger partial charge in [0.25, 0.3) is 0 Å². The van der Waals surface area contributed by atoms with E-state index in [1.807, 2.05) is 23.1 Å². The predicted octanol–water partition coefficient (Wildman–Crippen LogP) is -0.0227. The third-order valence-corrected chi connectivity index (χ3v) is 6.10. The number of esters is 1. The molecule has 4 N–H and O–H groups in total. The number of hydrogen-bond donors (Lipinski definition) is 4. The normalized spacial score (nSPS) is 26.2. The van der Waals surface area contributed by atoms with E-state index in [2.05, 4.69) is 17.2 Å². The zero-order valence-electron chi connectivity index (χ0n) is 17.4. The molecular formula is C22H25N3O7. The van der Waals surface area contributed by atoms with Crippen LogP contribution in [0, 0.1) is 0 Å². The number of ether oxygens (including phenoxy) is 1. The Hall–Kier alpha value is -3.40. The quantitative estimate of drug-likeness (QED) is 0.449. The predicted molar refractivity (Wildman–Crippen MR) is 111 cm³/mol. The summed E-state index contributed by atoms with van der Waals surface area (Å²) in [7, 11) is 0. The Bertz CT molecular complexity index is 992. The van der Waals surface area contributed by atoms with Crippen LogP contribution in [0.2, 0.25) is 0 Å². The Labute approximate surface area is 184 Å². The minimum absolute atomic E-state index is 0.110. The van der Waals surface area contributed by atoms with Gasteiger partial charge in [-0.05, 0) is 24.0 Å². The van der Waals surface area contributed by atoms with Crippen molar-refractivity contribution in [2.24, 2.45) is 0 Å². The standard InChI is InChI=1S/C22H25N3O7/c1-11-14(23-17(26)7-8-18(27)28)6-5-12-3-2-4-13-9-16(25(11)20(12)13)21(30)24-15-10-19(29)32-22(15)31/h2-4,14-16,22,31H,1,5-10H2,(H,23,26)(H,24,30)(H,27,28)/t14-,15-,16-,22?/m0/s1. The molecule has 0 aliphatic carbocycles. The van der Waals surface area contributed by atoms with Gasteiger partial charge < -0.3 is 30.5 Å². The van der Waals surface area contributed by atoms with Crippen LogP contribution in [0.15, 0.2) is 30.5 Å². The molecule has 170 valence electrons. The van der Waals surface area contributed by atoms with Crippen molar-refractivity contribution >= 4 is 29.4 Å². The number of nitrogens with zero attached hydrogens (tertiary/aromatic N) is 1. The van der Waals surface area contributed by atoms with Crippen LogP contribution in [0.25, 0.3) is 0 Å². The van der Waals surface area contributed by atoms with Crippen molar-refractivity contribution < 1.29 is 34.1 Å². The van der Waals surface area contributed by atoms with E-state index >= 15 is 0 Å². The number of cyclic esters (lactones) is 1. The smallest absolute Gasteiger partial charge is 0.310 e. The van der Waals surface area contributed by atoms with Gasteiger partial charge in [-0.2, -0.15) is 0 Å². The van der Waals surface area contributed by atoms with Crippen LogP contribution in [0.4, 0.5) is 5.69 Å². The lowest BCUT2D eigenvalue weighted by molar-refractivity contribution is -0.155. The van der Waals surface area contributed by atoms with E-state index in [1.54, 1.807) is 0 Å².